The minimum Gasteiger partial charge on any atom is -0.550 e. The molecular formula is C24H30N3O5-. The van der Waals surface area contributed by atoms with Crippen molar-refractivity contribution >= 4 is 11.9 Å². The summed E-state index contributed by atoms with van der Waals surface area (Å²) in [4.78, 5) is 29.3. The Morgan fingerprint density at radius 2 is 2.00 bits per heavy atom. The van der Waals surface area contributed by atoms with Gasteiger partial charge in [-0.2, -0.15) is 4.73 Å². The number of amides is 1. The van der Waals surface area contributed by atoms with E-state index in [4.69, 9.17) is 4.74 Å². The molecule has 172 valence electrons. The first-order chi connectivity index (χ1) is 15.4. The van der Waals surface area contributed by atoms with Gasteiger partial charge in [0.05, 0.1) is 6.61 Å². The molecule has 1 aromatic carbocycles. The van der Waals surface area contributed by atoms with E-state index in [-0.39, 0.29) is 12.3 Å². The van der Waals surface area contributed by atoms with E-state index in [2.05, 4.69) is 4.99 Å². The SMILES string of the molecule is CC(=O)N1CCCC(CC(=O)[O-])(Cc2ccc(OCCCN=c3ccccn3O)cc2)C1. The quantitative estimate of drug-likeness (QED) is 0.469. The van der Waals surface area contributed by atoms with E-state index in [1.165, 1.54) is 13.1 Å². The number of likely N-dealkylation sites (tertiary alicyclic amines) is 1. The number of ether oxygens (including phenoxy) is 1. The second kappa shape index (κ2) is 10.8. The first-order valence-electron chi connectivity index (χ1n) is 10.9. The van der Waals surface area contributed by atoms with Crippen molar-refractivity contribution in [3.05, 3.63) is 59.7 Å². The van der Waals surface area contributed by atoms with E-state index in [0.29, 0.717) is 44.6 Å². The van der Waals surface area contributed by atoms with Gasteiger partial charge in [0.25, 0.3) is 0 Å². The summed E-state index contributed by atoms with van der Waals surface area (Å²) >= 11 is 0. The molecule has 1 saturated heterocycles. The lowest BCUT2D eigenvalue weighted by atomic mass is 9.72. The Hall–Kier alpha value is -3.29. The molecule has 1 fully saturated rings. The molecule has 1 amide bonds. The summed E-state index contributed by atoms with van der Waals surface area (Å²) < 4.78 is 6.75. The van der Waals surface area contributed by atoms with Crippen LogP contribution in [0.4, 0.5) is 0 Å². The third-order valence-electron chi connectivity index (χ3n) is 5.79. The zero-order valence-corrected chi connectivity index (χ0v) is 18.4. The molecule has 8 heteroatoms. The van der Waals surface area contributed by atoms with E-state index in [1.54, 1.807) is 17.0 Å². The molecule has 0 spiro atoms. The molecule has 32 heavy (non-hydrogen) atoms. The fourth-order valence-corrected chi connectivity index (χ4v) is 4.27. The number of piperidine rings is 1. The molecule has 1 N–H and O–H groups in total. The van der Waals surface area contributed by atoms with Gasteiger partial charge in [0.15, 0.2) is 5.49 Å². The predicted octanol–water partition coefficient (Wildman–Crippen LogP) is 1.41. The van der Waals surface area contributed by atoms with Crippen molar-refractivity contribution in [2.45, 2.75) is 39.0 Å². The second-order valence-electron chi connectivity index (χ2n) is 8.40. The lowest BCUT2D eigenvalue weighted by Crippen LogP contribution is -2.48. The van der Waals surface area contributed by atoms with E-state index in [1.807, 2.05) is 30.3 Å². The van der Waals surface area contributed by atoms with Crippen LogP contribution in [0.1, 0.15) is 38.2 Å². The normalized spacial score (nSPS) is 19.0. The van der Waals surface area contributed by atoms with Gasteiger partial charge in [0.1, 0.15) is 5.75 Å². The van der Waals surface area contributed by atoms with Gasteiger partial charge in [-0.05, 0) is 60.9 Å². The third-order valence-corrected chi connectivity index (χ3v) is 5.79. The highest BCUT2D eigenvalue weighted by Gasteiger charge is 2.36. The van der Waals surface area contributed by atoms with Crippen LogP contribution >= 0.6 is 0 Å². The highest BCUT2D eigenvalue weighted by Crippen LogP contribution is 2.37. The molecule has 1 unspecified atom stereocenters. The summed E-state index contributed by atoms with van der Waals surface area (Å²) in [6.45, 7) is 3.65. The smallest absolute Gasteiger partial charge is 0.219 e. The van der Waals surface area contributed by atoms with Crippen LogP contribution in [0.25, 0.3) is 0 Å². The number of benzene rings is 1. The Morgan fingerprint density at radius 3 is 2.69 bits per heavy atom. The molecule has 0 aliphatic carbocycles. The second-order valence-corrected chi connectivity index (χ2v) is 8.40. The maximum Gasteiger partial charge on any atom is 0.219 e. The van der Waals surface area contributed by atoms with Gasteiger partial charge in [0.2, 0.25) is 5.91 Å². The Bertz CT molecular complexity index is 986. The van der Waals surface area contributed by atoms with E-state index >= 15 is 0 Å². The predicted molar refractivity (Wildman–Crippen MR) is 116 cm³/mol. The average molecular weight is 441 g/mol. The molecule has 1 aliphatic rings. The number of carbonyl (C=O) groups is 2. The van der Waals surface area contributed by atoms with Crippen LogP contribution in [0.2, 0.25) is 0 Å². The minimum absolute atomic E-state index is 0.0241. The number of carbonyl (C=O) groups excluding carboxylic acids is 2. The minimum atomic E-state index is -1.08. The third kappa shape index (κ3) is 6.60. The topological polar surface area (TPSA) is 107 Å². The number of aromatic nitrogens is 1. The van der Waals surface area contributed by atoms with Crippen molar-refractivity contribution in [3.63, 3.8) is 0 Å². The first-order valence-corrected chi connectivity index (χ1v) is 10.9. The zero-order valence-electron chi connectivity index (χ0n) is 18.4. The van der Waals surface area contributed by atoms with Crippen LogP contribution in [-0.2, 0) is 16.0 Å². The largest absolute Gasteiger partial charge is 0.550 e. The fourth-order valence-electron chi connectivity index (χ4n) is 4.27. The van der Waals surface area contributed by atoms with Gasteiger partial charge in [0, 0.05) is 45.1 Å². The fraction of sp³-hybridized carbons (Fsp3) is 0.458. The van der Waals surface area contributed by atoms with Crippen molar-refractivity contribution in [1.29, 1.82) is 0 Å². The Balaban J connectivity index is 1.54. The number of nitrogens with zero attached hydrogens (tertiary/aromatic N) is 3. The van der Waals surface area contributed by atoms with Gasteiger partial charge in [-0.3, -0.25) is 9.79 Å². The molecule has 0 radical (unpaired) electrons. The Labute approximate surface area is 187 Å². The van der Waals surface area contributed by atoms with E-state index in [0.717, 1.165) is 28.9 Å². The summed E-state index contributed by atoms with van der Waals surface area (Å²) in [5, 5.41) is 21.0. The first kappa shape index (κ1) is 23.4. The van der Waals surface area contributed by atoms with Crippen molar-refractivity contribution in [3.8, 4) is 5.75 Å². The van der Waals surface area contributed by atoms with Gasteiger partial charge >= 0.3 is 0 Å². The lowest BCUT2D eigenvalue weighted by Gasteiger charge is -2.43. The number of carboxylic acid groups (broad SMARTS) is 1. The maximum atomic E-state index is 11.8. The molecule has 1 aromatic heterocycles. The monoisotopic (exact) mass is 440 g/mol. The zero-order chi connectivity index (χ0) is 23.0. The standard InChI is InChI=1S/C24H31N3O5/c1-19(28)26-13-4-11-24(18-26,17-23(29)30)16-20-7-9-21(10-8-20)32-15-5-12-25-22-6-2-3-14-27(22)31/h2-3,6-10,14,31H,4-5,11-13,15-18H2,1H3,(H,29,30)/p-1. The van der Waals surface area contributed by atoms with Crippen LogP contribution in [0.5, 0.6) is 5.75 Å². The Kier molecular flexibility index (Phi) is 7.92. The van der Waals surface area contributed by atoms with Crippen LogP contribution in [-0.4, -0.2) is 53.0 Å². The number of hydrogen-bond acceptors (Lipinski definition) is 6. The molecular weight excluding hydrogens is 410 g/mol. The molecule has 2 heterocycles. The highest BCUT2D eigenvalue weighted by molar-refractivity contribution is 5.73. The lowest BCUT2D eigenvalue weighted by molar-refractivity contribution is -0.308. The summed E-state index contributed by atoms with van der Waals surface area (Å²) in [5.74, 6) is -0.374. The number of carboxylic acids is 1. The average Bonchev–Trinajstić information content (AvgIpc) is 2.75. The number of hydrogen-bond donors (Lipinski definition) is 1. The number of rotatable bonds is 9. The molecule has 2 aromatic rings. The molecule has 1 atom stereocenters. The molecule has 3 rings (SSSR count). The van der Waals surface area contributed by atoms with Gasteiger partial charge < -0.3 is 24.7 Å². The van der Waals surface area contributed by atoms with Crippen molar-refractivity contribution < 1.29 is 24.6 Å². The number of pyridine rings is 1. The molecule has 8 nitrogen and oxygen atoms in total. The van der Waals surface area contributed by atoms with Crippen LogP contribution in [0, 0.1) is 5.41 Å². The molecule has 0 saturated carbocycles. The molecule has 0 bridgehead atoms. The van der Waals surface area contributed by atoms with Gasteiger partial charge in [-0.15, -0.1) is 0 Å². The summed E-state index contributed by atoms with van der Waals surface area (Å²) in [5.41, 5.74) is 0.997. The number of aliphatic carboxylic acids is 1. The van der Waals surface area contributed by atoms with Crippen molar-refractivity contribution in [2.24, 2.45) is 10.4 Å². The van der Waals surface area contributed by atoms with Gasteiger partial charge in [-0.1, -0.05) is 18.2 Å². The van der Waals surface area contributed by atoms with Crippen LogP contribution in [0.3, 0.4) is 0 Å². The maximum absolute atomic E-state index is 11.8. The summed E-state index contributed by atoms with van der Waals surface area (Å²) in [6, 6.07) is 12.9. The van der Waals surface area contributed by atoms with E-state index < -0.39 is 11.4 Å². The highest BCUT2D eigenvalue weighted by atomic mass is 16.5. The Morgan fingerprint density at radius 1 is 1.22 bits per heavy atom. The van der Waals surface area contributed by atoms with Crippen molar-refractivity contribution in [1.82, 2.24) is 9.63 Å². The van der Waals surface area contributed by atoms with E-state index in [9.17, 15) is 19.9 Å². The van der Waals surface area contributed by atoms with Crippen LogP contribution in [0.15, 0.2) is 53.7 Å². The molecule has 1 aliphatic heterocycles. The van der Waals surface area contributed by atoms with Gasteiger partial charge in [-0.25, -0.2) is 0 Å². The van der Waals surface area contributed by atoms with Crippen molar-refractivity contribution in [2.75, 3.05) is 26.2 Å². The van der Waals surface area contributed by atoms with Crippen LogP contribution < -0.4 is 15.3 Å². The summed E-state index contributed by atoms with van der Waals surface area (Å²) in [7, 11) is 0. The summed E-state index contributed by atoms with van der Waals surface area (Å²) in [6.07, 6.45) is 4.28.